The number of rotatable bonds is 4. The molecule has 3 unspecified atom stereocenters. The van der Waals surface area contributed by atoms with E-state index in [0.29, 0.717) is 11.1 Å². The summed E-state index contributed by atoms with van der Waals surface area (Å²) in [6, 6.07) is 13.1. The Kier molecular flexibility index (Phi) is 6.40. The number of nitrogens with zero attached hydrogens (tertiary/aromatic N) is 2. The molecule has 0 saturated carbocycles. The van der Waals surface area contributed by atoms with Crippen molar-refractivity contribution in [3.8, 4) is 0 Å². The zero-order valence-electron chi connectivity index (χ0n) is 17.4. The lowest BCUT2D eigenvalue weighted by molar-refractivity contribution is -0.892. The van der Waals surface area contributed by atoms with Gasteiger partial charge in [-0.15, -0.1) is 0 Å². The highest BCUT2D eigenvalue weighted by atomic mass is 35.5. The Hall–Kier alpha value is -1.27. The summed E-state index contributed by atoms with van der Waals surface area (Å²) in [5.41, 5.74) is 3.22. The zero-order valence-corrected chi connectivity index (χ0v) is 19.0. The highest BCUT2D eigenvalue weighted by Crippen LogP contribution is 2.51. The van der Waals surface area contributed by atoms with Gasteiger partial charge in [-0.25, -0.2) is 4.31 Å². The molecule has 2 aliphatic heterocycles. The maximum atomic E-state index is 6.95. The average Bonchev–Trinajstić information content (AvgIpc) is 3.05. The third-order valence-corrected chi connectivity index (χ3v) is 7.54. The maximum Gasteiger partial charge on any atom is 0.268 e. The molecule has 1 spiro atoms. The van der Waals surface area contributed by atoms with Crippen LogP contribution >= 0.6 is 23.5 Å². The van der Waals surface area contributed by atoms with E-state index in [4.69, 9.17) is 21.2 Å². The van der Waals surface area contributed by atoms with Crippen LogP contribution in [-0.2, 0) is 10.3 Å². The van der Waals surface area contributed by atoms with E-state index in [-0.39, 0.29) is 11.7 Å². The Bertz CT molecular complexity index is 865. The summed E-state index contributed by atoms with van der Waals surface area (Å²) in [6.45, 7) is 5.60. The van der Waals surface area contributed by atoms with E-state index < -0.39 is 0 Å². The largest absolute Gasteiger partial charge is 0.351 e. The van der Waals surface area contributed by atoms with Crippen molar-refractivity contribution in [3.05, 3.63) is 64.4 Å². The molecule has 0 N–H and O–H groups in total. The minimum Gasteiger partial charge on any atom is -0.351 e. The first kappa shape index (κ1) is 21.0. The zero-order chi connectivity index (χ0) is 20.4. The van der Waals surface area contributed by atoms with Crippen molar-refractivity contribution in [2.75, 3.05) is 19.4 Å². The van der Waals surface area contributed by atoms with E-state index >= 15 is 0 Å². The van der Waals surface area contributed by atoms with Crippen molar-refractivity contribution in [1.82, 2.24) is 4.31 Å². The molecule has 29 heavy (non-hydrogen) atoms. The predicted molar refractivity (Wildman–Crippen MR) is 118 cm³/mol. The topological polar surface area (TPSA) is 25.6 Å². The van der Waals surface area contributed by atoms with Crippen LogP contribution in [0.1, 0.15) is 62.5 Å². The Morgan fingerprint density at radius 1 is 1.31 bits per heavy atom. The molecule has 4 nitrogen and oxygen atoms in total. The van der Waals surface area contributed by atoms with Crippen LogP contribution in [0.2, 0.25) is 5.02 Å². The molecule has 2 aromatic rings. The van der Waals surface area contributed by atoms with Gasteiger partial charge >= 0.3 is 0 Å². The van der Waals surface area contributed by atoms with Crippen molar-refractivity contribution < 1.29 is 14.3 Å². The first-order valence-corrected chi connectivity index (χ1v) is 11.8. The van der Waals surface area contributed by atoms with Gasteiger partial charge in [0.15, 0.2) is 6.10 Å². The van der Waals surface area contributed by atoms with Crippen LogP contribution in [0, 0.1) is 0 Å². The average molecular weight is 434 g/mol. The van der Waals surface area contributed by atoms with Gasteiger partial charge < -0.3 is 4.74 Å². The molecular formula is C23H30ClN2O2S+. The van der Waals surface area contributed by atoms with Crippen LogP contribution in [0.15, 0.2) is 42.6 Å². The molecule has 3 atom stereocenters. The standard InChI is InChI=1S/C23H30ClN2O2S/c1-4-29-26-15-13-23(12-7-8-17(26)2)20-10-6-5-9-19(20)22(28-23)21-16-18(24)11-14-25(21)27-3/h5-6,9-11,14,16-17,22H,4,7-8,12-13,15H2,1-3H3/q+1. The van der Waals surface area contributed by atoms with Crippen molar-refractivity contribution in [2.45, 2.75) is 57.3 Å². The normalized spacial score (nSPS) is 27.4. The number of hydrogen-bond donors (Lipinski definition) is 0. The second-order valence-corrected chi connectivity index (χ2v) is 9.65. The van der Waals surface area contributed by atoms with E-state index in [1.807, 2.05) is 30.3 Å². The number of benzene rings is 1. The Balaban J connectivity index is 1.72. The van der Waals surface area contributed by atoms with Crippen LogP contribution < -0.4 is 9.57 Å². The molecule has 0 bridgehead atoms. The Morgan fingerprint density at radius 2 is 2.14 bits per heavy atom. The third-order valence-electron chi connectivity index (χ3n) is 6.18. The van der Waals surface area contributed by atoms with Crippen LogP contribution in [0.5, 0.6) is 0 Å². The molecule has 1 fully saturated rings. The lowest BCUT2D eigenvalue weighted by Gasteiger charge is -2.38. The van der Waals surface area contributed by atoms with Crippen molar-refractivity contribution >= 4 is 23.5 Å². The van der Waals surface area contributed by atoms with Crippen molar-refractivity contribution in [1.29, 1.82) is 0 Å². The number of aromatic nitrogens is 1. The van der Waals surface area contributed by atoms with Gasteiger partial charge in [-0.1, -0.05) is 54.7 Å². The van der Waals surface area contributed by atoms with Gasteiger partial charge in [0.05, 0.1) is 10.6 Å². The second kappa shape index (κ2) is 8.84. The quantitative estimate of drug-likeness (QED) is 0.504. The molecule has 0 aliphatic carbocycles. The van der Waals surface area contributed by atoms with Crippen LogP contribution in [-0.4, -0.2) is 29.8 Å². The fourth-order valence-corrected chi connectivity index (χ4v) is 5.84. The van der Waals surface area contributed by atoms with Crippen molar-refractivity contribution in [2.24, 2.45) is 0 Å². The number of hydrogen-bond acceptors (Lipinski definition) is 4. The minimum absolute atomic E-state index is 0.186. The van der Waals surface area contributed by atoms with Crippen molar-refractivity contribution in [3.63, 3.8) is 0 Å². The molecule has 2 aliphatic rings. The number of fused-ring (bicyclic) bond motifs is 2. The Labute approximate surface area is 183 Å². The van der Waals surface area contributed by atoms with E-state index in [0.717, 1.165) is 37.3 Å². The van der Waals surface area contributed by atoms with Gasteiger partial charge in [-0.2, -0.15) is 0 Å². The molecule has 3 heterocycles. The molecule has 6 heteroatoms. The summed E-state index contributed by atoms with van der Waals surface area (Å²) >= 11 is 8.29. The summed E-state index contributed by atoms with van der Waals surface area (Å²) in [5.74, 6) is 1.10. The summed E-state index contributed by atoms with van der Waals surface area (Å²) in [7, 11) is 1.67. The van der Waals surface area contributed by atoms with Gasteiger partial charge in [0.25, 0.3) is 5.69 Å². The highest BCUT2D eigenvalue weighted by molar-refractivity contribution is 7.97. The van der Waals surface area contributed by atoms with Crippen LogP contribution in [0.25, 0.3) is 0 Å². The number of pyridine rings is 1. The summed E-state index contributed by atoms with van der Waals surface area (Å²) in [5, 5.41) is 0.687. The van der Waals surface area contributed by atoms with Crippen LogP contribution in [0.4, 0.5) is 0 Å². The summed E-state index contributed by atoms with van der Waals surface area (Å²) in [6.07, 6.45) is 6.06. The fourth-order valence-electron chi connectivity index (χ4n) is 4.76. The molecule has 1 aromatic heterocycles. The molecular weight excluding hydrogens is 404 g/mol. The monoisotopic (exact) mass is 433 g/mol. The van der Waals surface area contributed by atoms with E-state index in [9.17, 15) is 0 Å². The number of halogens is 1. The third kappa shape index (κ3) is 4.02. The van der Waals surface area contributed by atoms with E-state index in [1.54, 1.807) is 11.8 Å². The lowest BCUT2D eigenvalue weighted by atomic mass is 9.83. The Morgan fingerprint density at radius 3 is 2.93 bits per heavy atom. The SMILES string of the molecule is CCSN1CCC2(CCCC1C)OC(c1cc(Cl)cc[n+]1OC)c1ccccc12. The molecule has 1 saturated heterocycles. The van der Waals surface area contributed by atoms with Gasteiger partial charge in [0, 0.05) is 35.2 Å². The minimum atomic E-state index is -0.262. The van der Waals surface area contributed by atoms with E-state index in [1.165, 1.54) is 17.5 Å². The molecule has 4 rings (SSSR count). The smallest absolute Gasteiger partial charge is 0.268 e. The van der Waals surface area contributed by atoms with E-state index in [2.05, 4.69) is 42.4 Å². The fraction of sp³-hybridized carbons (Fsp3) is 0.522. The lowest BCUT2D eigenvalue weighted by Crippen LogP contribution is -2.45. The summed E-state index contributed by atoms with van der Waals surface area (Å²) in [4.78, 5) is 5.58. The van der Waals surface area contributed by atoms with Crippen LogP contribution in [0.3, 0.4) is 0 Å². The second-order valence-electron chi connectivity index (χ2n) is 7.91. The first-order chi connectivity index (χ1) is 14.1. The molecule has 1 aromatic carbocycles. The number of ether oxygens (including phenoxy) is 1. The summed E-state index contributed by atoms with van der Waals surface area (Å²) < 4.78 is 11.3. The van der Waals surface area contributed by atoms with Gasteiger partial charge in [0.1, 0.15) is 7.11 Å². The maximum absolute atomic E-state index is 6.95. The molecule has 0 amide bonds. The van der Waals surface area contributed by atoms with Gasteiger partial charge in [-0.3, -0.25) is 4.84 Å². The van der Waals surface area contributed by atoms with Gasteiger partial charge in [-0.05, 0) is 43.7 Å². The highest BCUT2D eigenvalue weighted by Gasteiger charge is 2.48. The first-order valence-electron chi connectivity index (χ1n) is 10.5. The van der Waals surface area contributed by atoms with Gasteiger partial charge in [0.2, 0.25) is 6.20 Å². The molecule has 156 valence electrons. The predicted octanol–water partition coefficient (Wildman–Crippen LogP) is 4.93. The molecule has 0 radical (unpaired) electrons.